The first-order valence-corrected chi connectivity index (χ1v) is 2.80. The molecule has 7 heavy (non-hydrogen) atoms. The molecule has 3 nitrogen and oxygen atoms in total. The quantitative estimate of drug-likeness (QED) is 0.517. The lowest BCUT2D eigenvalue weighted by atomic mass is 10.5. The van der Waals surface area contributed by atoms with Gasteiger partial charge in [-0.2, -0.15) is 0 Å². The molecule has 0 bridgehead atoms. The van der Waals surface area contributed by atoms with E-state index in [1.807, 2.05) is 0 Å². The molecule has 4 heteroatoms. The summed E-state index contributed by atoms with van der Waals surface area (Å²) in [6, 6.07) is 0. The monoisotopic (exact) mass is 122 g/mol. The van der Waals surface area contributed by atoms with E-state index < -0.39 is 5.85 Å². The number of rotatable bonds is 3. The molecule has 0 rings (SSSR count). The van der Waals surface area contributed by atoms with E-state index in [9.17, 15) is 4.57 Å². The minimum Gasteiger partial charge on any atom is -0.396 e. The third-order valence-electron chi connectivity index (χ3n) is 0.509. The Morgan fingerprint density at radius 3 is 2.43 bits per heavy atom. The Bertz CT molecular complexity index is 56.1. The summed E-state index contributed by atoms with van der Waals surface area (Å²) >= 11 is 0. The molecule has 42 valence electrons. The molecule has 0 aliphatic heterocycles. The molecule has 0 amide bonds. The van der Waals surface area contributed by atoms with Gasteiger partial charge in [-0.1, -0.05) is 0 Å². The standard InChI is InChI=1S/C3H7O3P/c4-2-1-3(5)7-6/h3-5H,1-2H2. The Hall–Kier alpha value is 0.0200. The Morgan fingerprint density at radius 2 is 2.29 bits per heavy atom. The second-order valence-electron chi connectivity index (χ2n) is 1.10. The summed E-state index contributed by atoms with van der Waals surface area (Å²) in [6.45, 7) is -0.115. The van der Waals surface area contributed by atoms with E-state index in [0.717, 1.165) is 0 Å². The second kappa shape index (κ2) is 4.19. The van der Waals surface area contributed by atoms with Crippen LogP contribution in [0.4, 0.5) is 0 Å². The highest BCUT2D eigenvalue weighted by Crippen LogP contribution is 2.04. The van der Waals surface area contributed by atoms with E-state index in [1.165, 1.54) is 0 Å². The highest BCUT2D eigenvalue weighted by Gasteiger charge is 1.97. The van der Waals surface area contributed by atoms with Gasteiger partial charge in [0.15, 0.2) is 8.46 Å². The SMILES string of the molecule is O=PC(O)CCO. The molecule has 0 aromatic carbocycles. The summed E-state index contributed by atoms with van der Waals surface area (Å²) in [7, 11) is -0.311. The van der Waals surface area contributed by atoms with Crippen LogP contribution in [-0.4, -0.2) is 22.7 Å². The van der Waals surface area contributed by atoms with Crippen molar-refractivity contribution in [3.63, 3.8) is 0 Å². The van der Waals surface area contributed by atoms with Crippen molar-refractivity contribution in [1.82, 2.24) is 0 Å². The number of aliphatic hydroxyl groups excluding tert-OH is 2. The van der Waals surface area contributed by atoms with Crippen LogP contribution < -0.4 is 0 Å². The van der Waals surface area contributed by atoms with E-state index in [4.69, 9.17) is 10.2 Å². The molecule has 1 unspecified atom stereocenters. The van der Waals surface area contributed by atoms with Gasteiger partial charge in [0.1, 0.15) is 5.85 Å². The Labute approximate surface area is 43.2 Å². The first kappa shape index (κ1) is 7.02. The third-order valence-corrected chi connectivity index (χ3v) is 1.01. The van der Waals surface area contributed by atoms with Crippen molar-refractivity contribution < 1.29 is 14.8 Å². The maximum Gasteiger partial charge on any atom is 0.187 e. The summed E-state index contributed by atoms with van der Waals surface area (Å²) < 4.78 is 9.63. The molecule has 0 aromatic rings. The summed E-state index contributed by atoms with van der Waals surface area (Å²) in [5, 5.41) is 16.4. The zero-order valence-corrected chi connectivity index (χ0v) is 4.64. The molecule has 0 aliphatic carbocycles. The van der Waals surface area contributed by atoms with Gasteiger partial charge in [-0.3, -0.25) is 4.57 Å². The van der Waals surface area contributed by atoms with E-state index in [0.29, 0.717) is 0 Å². The van der Waals surface area contributed by atoms with E-state index in [2.05, 4.69) is 0 Å². The molecule has 2 N–H and O–H groups in total. The predicted molar refractivity (Wildman–Crippen MR) is 25.3 cm³/mol. The van der Waals surface area contributed by atoms with Crippen molar-refractivity contribution in [2.75, 3.05) is 6.61 Å². The molecule has 0 heterocycles. The van der Waals surface area contributed by atoms with Gasteiger partial charge in [-0.25, -0.2) is 0 Å². The smallest absolute Gasteiger partial charge is 0.187 e. The molecular formula is C3H7O3P. The van der Waals surface area contributed by atoms with Crippen LogP contribution in [0.2, 0.25) is 0 Å². The molecule has 0 saturated heterocycles. The third kappa shape index (κ3) is 3.86. The van der Waals surface area contributed by atoms with Gasteiger partial charge in [0.05, 0.1) is 0 Å². The Kier molecular flexibility index (Phi) is 4.20. The first-order valence-electron chi connectivity index (χ1n) is 1.92. The van der Waals surface area contributed by atoms with Gasteiger partial charge >= 0.3 is 0 Å². The van der Waals surface area contributed by atoms with Crippen LogP contribution >= 0.6 is 8.46 Å². The average Bonchev–Trinajstić information content (AvgIpc) is 1.68. The molecule has 0 radical (unpaired) electrons. The van der Waals surface area contributed by atoms with Crippen molar-refractivity contribution in [3.8, 4) is 0 Å². The second-order valence-corrected chi connectivity index (χ2v) is 1.91. The number of hydrogen-bond acceptors (Lipinski definition) is 3. The molecule has 0 aliphatic rings. The fraction of sp³-hybridized carbons (Fsp3) is 1.00. The average molecular weight is 122 g/mol. The highest BCUT2D eigenvalue weighted by molar-refractivity contribution is 7.24. The molecule has 1 atom stereocenters. The van der Waals surface area contributed by atoms with Crippen molar-refractivity contribution in [1.29, 1.82) is 0 Å². The normalized spacial score (nSPS) is 14.6. The zero-order valence-electron chi connectivity index (χ0n) is 3.74. The lowest BCUT2D eigenvalue weighted by molar-refractivity contribution is 0.194. The number of aliphatic hydroxyl groups is 2. The van der Waals surface area contributed by atoms with Crippen LogP contribution in [0.5, 0.6) is 0 Å². The van der Waals surface area contributed by atoms with Crippen LogP contribution in [0.3, 0.4) is 0 Å². The molecule has 0 spiro atoms. The fourth-order valence-corrected chi connectivity index (χ4v) is 0.389. The van der Waals surface area contributed by atoms with Crippen LogP contribution in [0.1, 0.15) is 6.42 Å². The van der Waals surface area contributed by atoms with Gasteiger partial charge in [0, 0.05) is 13.0 Å². The van der Waals surface area contributed by atoms with Crippen LogP contribution in [-0.2, 0) is 4.57 Å². The summed E-state index contributed by atoms with van der Waals surface area (Å²) in [5.74, 6) is -0.884. The molecule has 0 saturated carbocycles. The molecular weight excluding hydrogens is 115 g/mol. The highest BCUT2D eigenvalue weighted by atomic mass is 31.1. The molecule has 0 fully saturated rings. The largest absolute Gasteiger partial charge is 0.396 e. The van der Waals surface area contributed by atoms with Gasteiger partial charge in [0.2, 0.25) is 0 Å². The van der Waals surface area contributed by atoms with Gasteiger partial charge in [0.25, 0.3) is 0 Å². The minimum atomic E-state index is -0.884. The summed E-state index contributed by atoms with van der Waals surface area (Å²) in [4.78, 5) is 0. The van der Waals surface area contributed by atoms with Crippen LogP contribution in [0, 0.1) is 0 Å². The topological polar surface area (TPSA) is 57.5 Å². The lowest BCUT2D eigenvalue weighted by Crippen LogP contribution is -1.97. The minimum absolute atomic E-state index is 0.115. The van der Waals surface area contributed by atoms with Crippen LogP contribution in [0.15, 0.2) is 0 Å². The van der Waals surface area contributed by atoms with Crippen molar-refractivity contribution >= 4 is 8.46 Å². The van der Waals surface area contributed by atoms with E-state index >= 15 is 0 Å². The van der Waals surface area contributed by atoms with Gasteiger partial charge in [-0.15, -0.1) is 0 Å². The lowest BCUT2D eigenvalue weighted by Gasteiger charge is -1.92. The Balaban J connectivity index is 2.98. The van der Waals surface area contributed by atoms with Crippen LogP contribution in [0.25, 0.3) is 0 Å². The fourth-order valence-electron chi connectivity index (χ4n) is 0.168. The maximum atomic E-state index is 9.63. The van der Waals surface area contributed by atoms with Crippen molar-refractivity contribution in [3.05, 3.63) is 0 Å². The predicted octanol–water partition coefficient (Wildman–Crippen LogP) is -0.0211. The van der Waals surface area contributed by atoms with Gasteiger partial charge < -0.3 is 10.2 Å². The zero-order chi connectivity index (χ0) is 5.70. The summed E-state index contributed by atoms with van der Waals surface area (Å²) in [6.07, 6.45) is 0.186. The Morgan fingerprint density at radius 1 is 1.71 bits per heavy atom. The van der Waals surface area contributed by atoms with Crippen molar-refractivity contribution in [2.24, 2.45) is 0 Å². The van der Waals surface area contributed by atoms with E-state index in [-0.39, 0.29) is 21.5 Å². The van der Waals surface area contributed by atoms with E-state index in [1.54, 1.807) is 0 Å². The molecule has 0 aromatic heterocycles. The summed E-state index contributed by atoms with van der Waals surface area (Å²) in [5.41, 5.74) is 0. The maximum absolute atomic E-state index is 9.63. The van der Waals surface area contributed by atoms with Crippen molar-refractivity contribution in [2.45, 2.75) is 12.3 Å². The first-order chi connectivity index (χ1) is 3.31. The van der Waals surface area contributed by atoms with Gasteiger partial charge in [-0.05, 0) is 0 Å². The number of hydrogen-bond donors (Lipinski definition) is 2.